The lowest BCUT2D eigenvalue weighted by Crippen LogP contribution is -2.24. The van der Waals surface area contributed by atoms with E-state index in [9.17, 15) is 10.1 Å². The third kappa shape index (κ3) is 2.37. The Kier molecular flexibility index (Phi) is 3.38. The van der Waals surface area contributed by atoms with Crippen molar-refractivity contribution in [3.63, 3.8) is 0 Å². The molecule has 0 amide bonds. The molecular formula is C14H13N5O2. The normalized spacial score (nSPS) is 13.5. The molecule has 0 atom stereocenters. The van der Waals surface area contributed by atoms with Crippen LogP contribution in [0.25, 0.3) is 11.3 Å². The topological polar surface area (TPSA) is 96.8 Å². The number of nitrogens with one attached hydrogen (secondary N) is 1. The van der Waals surface area contributed by atoms with Gasteiger partial charge in [0.15, 0.2) is 0 Å². The summed E-state index contributed by atoms with van der Waals surface area (Å²) in [5.74, 6) is 0. The van der Waals surface area contributed by atoms with Crippen LogP contribution in [0.15, 0.2) is 24.3 Å². The first-order chi connectivity index (χ1) is 10.2. The average Bonchev–Trinajstić information content (AvgIpc) is 2.87. The van der Waals surface area contributed by atoms with Crippen molar-refractivity contribution in [1.29, 1.82) is 5.26 Å². The van der Waals surface area contributed by atoms with Crippen LogP contribution in [0.1, 0.15) is 11.3 Å². The molecule has 1 aliphatic heterocycles. The highest BCUT2D eigenvalue weighted by Crippen LogP contribution is 2.28. The Labute approximate surface area is 121 Å². The van der Waals surface area contributed by atoms with Gasteiger partial charge in [-0.15, -0.1) is 0 Å². The maximum atomic E-state index is 10.7. The molecule has 0 fully saturated rings. The Morgan fingerprint density at radius 3 is 2.86 bits per heavy atom. The summed E-state index contributed by atoms with van der Waals surface area (Å²) in [7, 11) is 0. The van der Waals surface area contributed by atoms with Gasteiger partial charge in [0.2, 0.25) is 0 Å². The first kappa shape index (κ1) is 13.3. The van der Waals surface area contributed by atoms with Crippen molar-refractivity contribution in [1.82, 2.24) is 15.1 Å². The van der Waals surface area contributed by atoms with Gasteiger partial charge in [0.1, 0.15) is 6.54 Å². The van der Waals surface area contributed by atoms with Crippen LogP contribution >= 0.6 is 0 Å². The minimum Gasteiger partial charge on any atom is -0.312 e. The molecule has 1 N–H and O–H groups in total. The van der Waals surface area contributed by atoms with Gasteiger partial charge in [0.05, 0.1) is 16.7 Å². The fraction of sp³-hybridized carbons (Fsp3) is 0.286. The standard InChI is InChI=1S/C14H13N5O2/c15-6-8-18-13-5-7-16-9-12(13)14(17-18)10-1-3-11(4-2-10)19(20)21/h1-4,16H,5,7-9H2. The van der Waals surface area contributed by atoms with E-state index in [4.69, 9.17) is 5.26 Å². The van der Waals surface area contributed by atoms with E-state index in [1.807, 2.05) is 0 Å². The van der Waals surface area contributed by atoms with E-state index in [0.717, 1.165) is 35.5 Å². The molecule has 21 heavy (non-hydrogen) atoms. The Balaban J connectivity index is 2.05. The van der Waals surface area contributed by atoms with Gasteiger partial charge in [-0.1, -0.05) is 0 Å². The molecule has 0 unspecified atom stereocenters. The van der Waals surface area contributed by atoms with Crippen LogP contribution in [0.4, 0.5) is 5.69 Å². The van der Waals surface area contributed by atoms with E-state index >= 15 is 0 Å². The number of nitriles is 1. The van der Waals surface area contributed by atoms with E-state index in [2.05, 4.69) is 16.5 Å². The van der Waals surface area contributed by atoms with Crippen molar-refractivity contribution in [2.75, 3.05) is 6.54 Å². The van der Waals surface area contributed by atoms with Gasteiger partial charge >= 0.3 is 0 Å². The van der Waals surface area contributed by atoms with Crippen molar-refractivity contribution in [2.24, 2.45) is 0 Å². The van der Waals surface area contributed by atoms with Crippen molar-refractivity contribution in [3.8, 4) is 17.3 Å². The summed E-state index contributed by atoms with van der Waals surface area (Å²) in [5.41, 5.74) is 3.83. The maximum absolute atomic E-state index is 10.7. The number of hydrogen-bond donors (Lipinski definition) is 1. The Hall–Kier alpha value is -2.72. The van der Waals surface area contributed by atoms with Crippen LogP contribution < -0.4 is 5.32 Å². The van der Waals surface area contributed by atoms with Crippen LogP contribution in [0, 0.1) is 21.4 Å². The number of nitrogens with zero attached hydrogens (tertiary/aromatic N) is 4. The summed E-state index contributed by atoms with van der Waals surface area (Å²) >= 11 is 0. The van der Waals surface area contributed by atoms with Gasteiger partial charge in [0.25, 0.3) is 5.69 Å². The number of hydrogen-bond acceptors (Lipinski definition) is 5. The SMILES string of the molecule is N#CCn1nc(-c2ccc([N+](=O)[O-])cc2)c2c1CCNC2. The fourth-order valence-electron chi connectivity index (χ4n) is 2.59. The zero-order valence-electron chi connectivity index (χ0n) is 11.2. The highest BCUT2D eigenvalue weighted by molar-refractivity contribution is 5.65. The van der Waals surface area contributed by atoms with Gasteiger partial charge < -0.3 is 5.32 Å². The van der Waals surface area contributed by atoms with E-state index in [0.29, 0.717) is 6.54 Å². The van der Waals surface area contributed by atoms with E-state index in [1.54, 1.807) is 16.8 Å². The summed E-state index contributed by atoms with van der Waals surface area (Å²) in [6.45, 7) is 1.78. The predicted octanol–water partition coefficient (Wildman–Crippen LogP) is 1.63. The lowest BCUT2D eigenvalue weighted by molar-refractivity contribution is -0.384. The van der Waals surface area contributed by atoms with E-state index in [1.165, 1.54) is 12.1 Å². The van der Waals surface area contributed by atoms with Crippen LogP contribution in [0.2, 0.25) is 0 Å². The molecule has 0 saturated heterocycles. The molecule has 106 valence electrons. The van der Waals surface area contributed by atoms with Crippen molar-refractivity contribution >= 4 is 5.69 Å². The van der Waals surface area contributed by atoms with Gasteiger partial charge in [-0.3, -0.25) is 14.8 Å². The Morgan fingerprint density at radius 1 is 1.43 bits per heavy atom. The first-order valence-corrected chi connectivity index (χ1v) is 6.61. The molecular weight excluding hydrogens is 270 g/mol. The summed E-state index contributed by atoms with van der Waals surface area (Å²) in [4.78, 5) is 10.3. The smallest absolute Gasteiger partial charge is 0.269 e. The fourth-order valence-corrected chi connectivity index (χ4v) is 2.59. The molecule has 2 heterocycles. The van der Waals surface area contributed by atoms with Gasteiger partial charge in [-0.05, 0) is 12.1 Å². The molecule has 1 aliphatic rings. The number of non-ortho nitro benzene ring substituents is 1. The summed E-state index contributed by atoms with van der Waals surface area (Å²) in [5, 5.41) is 27.4. The first-order valence-electron chi connectivity index (χ1n) is 6.61. The summed E-state index contributed by atoms with van der Waals surface area (Å²) in [6, 6.07) is 8.46. The van der Waals surface area contributed by atoms with Crippen LogP contribution in [0.3, 0.4) is 0 Å². The molecule has 3 rings (SSSR count). The molecule has 7 nitrogen and oxygen atoms in total. The van der Waals surface area contributed by atoms with Crippen molar-refractivity contribution in [2.45, 2.75) is 19.5 Å². The van der Waals surface area contributed by atoms with Crippen LogP contribution in [-0.4, -0.2) is 21.2 Å². The molecule has 1 aromatic carbocycles. The number of aromatic nitrogens is 2. The number of nitro groups is 1. The molecule has 7 heteroatoms. The second-order valence-corrected chi connectivity index (χ2v) is 4.82. The minimum atomic E-state index is -0.422. The number of fused-ring (bicyclic) bond motifs is 1. The molecule has 0 bridgehead atoms. The number of benzene rings is 1. The molecule has 0 aliphatic carbocycles. The third-order valence-electron chi connectivity index (χ3n) is 3.58. The predicted molar refractivity (Wildman–Crippen MR) is 75.3 cm³/mol. The third-order valence-corrected chi connectivity index (χ3v) is 3.58. The zero-order chi connectivity index (χ0) is 14.8. The lowest BCUT2D eigenvalue weighted by atomic mass is 10.0. The maximum Gasteiger partial charge on any atom is 0.269 e. The highest BCUT2D eigenvalue weighted by Gasteiger charge is 2.21. The van der Waals surface area contributed by atoms with Crippen LogP contribution in [0.5, 0.6) is 0 Å². The Morgan fingerprint density at radius 2 is 2.19 bits per heavy atom. The van der Waals surface area contributed by atoms with Crippen LogP contribution in [-0.2, 0) is 19.5 Å². The molecule has 1 aromatic heterocycles. The van der Waals surface area contributed by atoms with E-state index < -0.39 is 4.92 Å². The number of nitro benzene ring substituents is 1. The molecule has 2 aromatic rings. The van der Waals surface area contributed by atoms with E-state index in [-0.39, 0.29) is 12.2 Å². The summed E-state index contributed by atoms with van der Waals surface area (Å²) in [6.07, 6.45) is 0.830. The zero-order valence-corrected chi connectivity index (χ0v) is 11.2. The quantitative estimate of drug-likeness (QED) is 0.682. The molecule has 0 radical (unpaired) electrons. The van der Waals surface area contributed by atoms with Crippen molar-refractivity contribution < 1.29 is 4.92 Å². The van der Waals surface area contributed by atoms with Gasteiger partial charge in [-0.2, -0.15) is 10.4 Å². The second-order valence-electron chi connectivity index (χ2n) is 4.82. The molecule has 0 saturated carbocycles. The lowest BCUT2D eigenvalue weighted by Gasteiger charge is -2.14. The second kappa shape index (κ2) is 5.34. The molecule has 0 spiro atoms. The minimum absolute atomic E-state index is 0.0576. The van der Waals surface area contributed by atoms with Gasteiger partial charge in [0, 0.05) is 48.5 Å². The van der Waals surface area contributed by atoms with Crippen molar-refractivity contribution in [3.05, 3.63) is 45.6 Å². The average molecular weight is 283 g/mol. The largest absolute Gasteiger partial charge is 0.312 e. The highest BCUT2D eigenvalue weighted by atomic mass is 16.6. The number of rotatable bonds is 3. The monoisotopic (exact) mass is 283 g/mol. The Bertz CT molecular complexity index is 727. The summed E-state index contributed by atoms with van der Waals surface area (Å²) < 4.78 is 1.73. The van der Waals surface area contributed by atoms with Gasteiger partial charge in [-0.25, -0.2) is 0 Å².